The Morgan fingerprint density at radius 3 is 2.68 bits per heavy atom. The van der Waals surface area contributed by atoms with E-state index in [4.69, 9.17) is 0 Å². The van der Waals surface area contributed by atoms with Crippen molar-refractivity contribution >= 4 is 5.91 Å². The van der Waals surface area contributed by atoms with Crippen molar-refractivity contribution in [2.75, 3.05) is 0 Å². The van der Waals surface area contributed by atoms with Crippen LogP contribution in [0.1, 0.15) is 67.3 Å². The fourth-order valence-corrected chi connectivity index (χ4v) is 3.33. The SMILES string of the molecule is CCn1nc(C(C)C)cc1C(=O)N[C@H](c1cnn(C)c1)C1CC(O)C1. The van der Waals surface area contributed by atoms with Crippen molar-refractivity contribution in [1.82, 2.24) is 24.9 Å². The van der Waals surface area contributed by atoms with Crippen molar-refractivity contribution in [2.45, 2.75) is 58.2 Å². The van der Waals surface area contributed by atoms with E-state index in [1.165, 1.54) is 0 Å². The highest BCUT2D eigenvalue weighted by Crippen LogP contribution is 2.38. The van der Waals surface area contributed by atoms with Crippen LogP contribution in [-0.2, 0) is 13.6 Å². The highest BCUT2D eigenvalue weighted by Gasteiger charge is 2.36. The van der Waals surface area contributed by atoms with E-state index in [0.717, 1.165) is 11.3 Å². The number of aliphatic hydroxyl groups excluding tert-OH is 1. The number of hydrogen-bond acceptors (Lipinski definition) is 4. The summed E-state index contributed by atoms with van der Waals surface area (Å²) in [5.74, 6) is 0.373. The maximum atomic E-state index is 12.9. The van der Waals surface area contributed by atoms with Gasteiger partial charge in [-0.15, -0.1) is 0 Å². The van der Waals surface area contributed by atoms with Crippen LogP contribution < -0.4 is 5.32 Å². The topological polar surface area (TPSA) is 85.0 Å². The molecule has 1 aliphatic carbocycles. The Bertz CT molecular complexity index is 742. The molecule has 2 N–H and O–H groups in total. The highest BCUT2D eigenvalue weighted by molar-refractivity contribution is 5.93. The number of amides is 1. The zero-order valence-electron chi connectivity index (χ0n) is 15.3. The van der Waals surface area contributed by atoms with Crippen LogP contribution >= 0.6 is 0 Å². The number of aliphatic hydroxyl groups is 1. The standard InChI is InChI=1S/C18H27N5O2/c1-5-23-16(8-15(21-23)11(2)3)18(25)20-17(12-6-14(24)7-12)13-9-19-22(4)10-13/h8-12,14,17,24H,5-7H2,1-4H3,(H,20,25)/t12?,14?,17-/m0/s1. The van der Waals surface area contributed by atoms with E-state index in [1.807, 2.05) is 26.2 Å². The minimum atomic E-state index is -0.269. The van der Waals surface area contributed by atoms with Crippen molar-refractivity contribution in [3.8, 4) is 0 Å². The van der Waals surface area contributed by atoms with E-state index >= 15 is 0 Å². The van der Waals surface area contributed by atoms with Gasteiger partial charge in [0.15, 0.2) is 0 Å². The summed E-state index contributed by atoms with van der Waals surface area (Å²) >= 11 is 0. The molecule has 0 radical (unpaired) electrons. The fraction of sp³-hybridized carbons (Fsp3) is 0.611. The average molecular weight is 345 g/mol. The third kappa shape index (κ3) is 3.61. The van der Waals surface area contributed by atoms with Crippen LogP contribution in [0.3, 0.4) is 0 Å². The molecule has 2 aromatic heterocycles. The molecule has 1 aliphatic rings. The molecule has 1 fully saturated rings. The molecule has 25 heavy (non-hydrogen) atoms. The highest BCUT2D eigenvalue weighted by atomic mass is 16.3. The van der Waals surface area contributed by atoms with E-state index in [1.54, 1.807) is 15.6 Å². The summed E-state index contributed by atoms with van der Waals surface area (Å²) in [7, 11) is 1.86. The Hall–Kier alpha value is -2.15. The Morgan fingerprint density at radius 1 is 1.44 bits per heavy atom. The lowest BCUT2D eigenvalue weighted by Gasteiger charge is -2.37. The molecular weight excluding hydrogens is 318 g/mol. The first-order valence-corrected chi connectivity index (χ1v) is 8.94. The minimum Gasteiger partial charge on any atom is -0.393 e. The zero-order chi connectivity index (χ0) is 18.1. The molecule has 1 atom stereocenters. The van der Waals surface area contributed by atoms with Gasteiger partial charge in [0.05, 0.1) is 24.0 Å². The van der Waals surface area contributed by atoms with Gasteiger partial charge in [-0.25, -0.2) is 0 Å². The second-order valence-electron chi connectivity index (χ2n) is 7.21. The predicted molar refractivity (Wildman–Crippen MR) is 94.1 cm³/mol. The zero-order valence-corrected chi connectivity index (χ0v) is 15.3. The quantitative estimate of drug-likeness (QED) is 0.838. The van der Waals surface area contributed by atoms with Crippen molar-refractivity contribution in [3.05, 3.63) is 35.4 Å². The lowest BCUT2D eigenvalue weighted by molar-refractivity contribution is 0.0234. The van der Waals surface area contributed by atoms with Crippen molar-refractivity contribution in [1.29, 1.82) is 0 Å². The Labute approximate surface area is 148 Å². The number of aryl methyl sites for hydroxylation is 2. The first kappa shape index (κ1) is 17.7. The van der Waals surface area contributed by atoms with Crippen LogP contribution in [0, 0.1) is 5.92 Å². The molecule has 1 saturated carbocycles. The molecule has 7 heteroatoms. The van der Waals surface area contributed by atoms with Gasteiger partial charge in [-0.1, -0.05) is 13.8 Å². The van der Waals surface area contributed by atoms with Gasteiger partial charge < -0.3 is 10.4 Å². The van der Waals surface area contributed by atoms with E-state index in [0.29, 0.717) is 25.1 Å². The molecule has 2 aromatic rings. The van der Waals surface area contributed by atoms with E-state index in [9.17, 15) is 9.90 Å². The van der Waals surface area contributed by atoms with Crippen LogP contribution in [0.4, 0.5) is 0 Å². The summed E-state index contributed by atoms with van der Waals surface area (Å²) in [4.78, 5) is 12.9. The smallest absolute Gasteiger partial charge is 0.270 e. The second-order valence-corrected chi connectivity index (χ2v) is 7.21. The molecule has 2 heterocycles. The van der Waals surface area contributed by atoms with Crippen molar-refractivity contribution in [2.24, 2.45) is 13.0 Å². The van der Waals surface area contributed by atoms with Gasteiger partial charge in [0.1, 0.15) is 5.69 Å². The van der Waals surface area contributed by atoms with Crippen LogP contribution in [0.2, 0.25) is 0 Å². The number of rotatable bonds is 6. The lowest BCUT2D eigenvalue weighted by atomic mass is 9.75. The van der Waals surface area contributed by atoms with Gasteiger partial charge in [0, 0.05) is 25.4 Å². The number of carbonyl (C=O) groups is 1. The number of hydrogen-bond donors (Lipinski definition) is 2. The minimum absolute atomic E-state index is 0.128. The molecule has 0 aliphatic heterocycles. The third-order valence-corrected chi connectivity index (χ3v) is 4.91. The van der Waals surface area contributed by atoms with Crippen LogP contribution in [-0.4, -0.2) is 36.7 Å². The Balaban J connectivity index is 1.83. The number of aromatic nitrogens is 4. The molecule has 0 spiro atoms. The maximum Gasteiger partial charge on any atom is 0.270 e. The molecular formula is C18H27N5O2. The van der Waals surface area contributed by atoms with Crippen LogP contribution in [0.25, 0.3) is 0 Å². The summed E-state index contributed by atoms with van der Waals surface area (Å²) < 4.78 is 3.48. The largest absolute Gasteiger partial charge is 0.393 e. The molecule has 0 saturated heterocycles. The van der Waals surface area contributed by atoms with Crippen LogP contribution in [0.5, 0.6) is 0 Å². The third-order valence-electron chi connectivity index (χ3n) is 4.91. The van der Waals surface area contributed by atoms with Gasteiger partial charge in [-0.2, -0.15) is 10.2 Å². The van der Waals surface area contributed by atoms with Gasteiger partial charge in [0.2, 0.25) is 0 Å². The Kier molecular flexibility index (Phi) is 4.94. The lowest BCUT2D eigenvalue weighted by Crippen LogP contribution is -2.41. The summed E-state index contributed by atoms with van der Waals surface area (Å²) in [5, 5.41) is 21.6. The van der Waals surface area contributed by atoms with E-state index in [2.05, 4.69) is 29.4 Å². The van der Waals surface area contributed by atoms with E-state index < -0.39 is 0 Å². The number of carbonyl (C=O) groups excluding carboxylic acids is 1. The van der Waals surface area contributed by atoms with Crippen LogP contribution in [0.15, 0.2) is 18.5 Å². The summed E-state index contributed by atoms with van der Waals surface area (Å²) in [5.41, 5.74) is 2.48. The maximum absolute atomic E-state index is 12.9. The predicted octanol–water partition coefficient (Wildman–Crippen LogP) is 2.00. The van der Waals surface area contributed by atoms with Gasteiger partial charge >= 0.3 is 0 Å². The molecule has 0 unspecified atom stereocenters. The van der Waals surface area contributed by atoms with Gasteiger partial charge in [-0.05, 0) is 37.7 Å². The normalized spacial score (nSPS) is 21.2. The molecule has 3 rings (SSSR count). The Morgan fingerprint density at radius 2 is 2.16 bits per heavy atom. The second kappa shape index (κ2) is 7.00. The molecule has 0 aromatic carbocycles. The first-order valence-electron chi connectivity index (χ1n) is 8.94. The summed E-state index contributed by atoms with van der Waals surface area (Å²) in [6, 6.07) is 1.73. The first-order chi connectivity index (χ1) is 11.9. The van der Waals surface area contributed by atoms with Gasteiger partial charge in [-0.3, -0.25) is 14.2 Å². The molecule has 7 nitrogen and oxygen atoms in total. The van der Waals surface area contributed by atoms with Gasteiger partial charge in [0.25, 0.3) is 5.91 Å². The van der Waals surface area contributed by atoms with Crippen molar-refractivity contribution in [3.63, 3.8) is 0 Å². The van der Waals surface area contributed by atoms with E-state index in [-0.39, 0.29) is 29.9 Å². The number of nitrogens with one attached hydrogen (secondary N) is 1. The monoisotopic (exact) mass is 345 g/mol. The molecule has 136 valence electrons. The molecule has 1 amide bonds. The fourth-order valence-electron chi connectivity index (χ4n) is 3.33. The summed E-state index contributed by atoms with van der Waals surface area (Å²) in [6.45, 7) is 6.76. The average Bonchev–Trinajstić information content (AvgIpc) is 3.15. The van der Waals surface area contributed by atoms with Crippen molar-refractivity contribution < 1.29 is 9.90 Å². The summed E-state index contributed by atoms with van der Waals surface area (Å²) in [6.07, 6.45) is 4.84. The molecule has 0 bridgehead atoms. The number of nitrogens with zero attached hydrogens (tertiary/aromatic N) is 4.